The molecule has 0 aromatic heterocycles. The summed E-state index contributed by atoms with van der Waals surface area (Å²) in [6.07, 6.45) is 0. The first kappa shape index (κ1) is 18.7. The van der Waals surface area contributed by atoms with Crippen LogP contribution >= 0.6 is 0 Å². The molecule has 3 rings (SSSR count). The molecule has 0 saturated carbocycles. The molecule has 140 valence electrons. The number of hydrogen-bond acceptors (Lipinski definition) is 5. The molecule has 1 saturated heterocycles. The molecule has 1 aliphatic heterocycles. The zero-order chi connectivity index (χ0) is 18.7. The van der Waals surface area contributed by atoms with E-state index in [1.807, 2.05) is 30.3 Å². The minimum absolute atomic E-state index is 0.0628. The lowest BCUT2D eigenvalue weighted by molar-refractivity contribution is 0.367. The largest absolute Gasteiger partial charge is 0.495 e. The number of rotatable bonds is 6. The van der Waals surface area contributed by atoms with Gasteiger partial charge in [0.2, 0.25) is 0 Å². The number of methoxy groups -OCH3 is 2. The third-order valence-corrected chi connectivity index (χ3v) is 6.81. The van der Waals surface area contributed by atoms with Crippen LogP contribution in [0.2, 0.25) is 0 Å². The third-order valence-electron chi connectivity index (χ3n) is 4.92. The Morgan fingerprint density at radius 2 is 1.62 bits per heavy atom. The molecule has 1 heterocycles. The Morgan fingerprint density at radius 1 is 1.00 bits per heavy atom. The lowest BCUT2D eigenvalue weighted by Crippen LogP contribution is -2.30. The lowest BCUT2D eigenvalue weighted by atomic mass is 9.89. The first-order chi connectivity index (χ1) is 12.5. The second-order valence-corrected chi connectivity index (χ2v) is 8.20. The van der Waals surface area contributed by atoms with Crippen LogP contribution in [0.25, 0.3) is 0 Å². The number of nitrogens with zero attached hydrogens (tertiary/aromatic N) is 1. The Kier molecular flexibility index (Phi) is 5.50. The molecule has 26 heavy (non-hydrogen) atoms. The summed E-state index contributed by atoms with van der Waals surface area (Å²) < 4.78 is 38.8. The van der Waals surface area contributed by atoms with Gasteiger partial charge in [-0.1, -0.05) is 36.4 Å². The van der Waals surface area contributed by atoms with Crippen LogP contribution in [-0.4, -0.2) is 46.6 Å². The van der Waals surface area contributed by atoms with Crippen LogP contribution in [-0.2, 0) is 10.0 Å². The molecule has 2 atom stereocenters. The average Bonchev–Trinajstić information content (AvgIpc) is 3.13. The van der Waals surface area contributed by atoms with Gasteiger partial charge in [-0.15, -0.1) is 0 Å². The molecule has 0 bridgehead atoms. The Balaban J connectivity index is 1.99. The molecular formula is C19H24N2O4S. The van der Waals surface area contributed by atoms with E-state index in [-0.39, 0.29) is 28.2 Å². The van der Waals surface area contributed by atoms with E-state index in [0.29, 0.717) is 19.6 Å². The highest BCUT2D eigenvalue weighted by Crippen LogP contribution is 2.40. The molecule has 0 radical (unpaired) electrons. The molecule has 1 aliphatic rings. The molecule has 0 unspecified atom stereocenters. The average molecular weight is 376 g/mol. The third kappa shape index (κ3) is 3.30. The monoisotopic (exact) mass is 376 g/mol. The van der Waals surface area contributed by atoms with Crippen LogP contribution in [0.3, 0.4) is 0 Å². The van der Waals surface area contributed by atoms with Crippen LogP contribution in [0.1, 0.15) is 11.5 Å². The van der Waals surface area contributed by atoms with Crippen LogP contribution in [0.5, 0.6) is 11.5 Å². The van der Waals surface area contributed by atoms with Crippen molar-refractivity contribution in [3.63, 3.8) is 0 Å². The van der Waals surface area contributed by atoms with E-state index in [1.54, 1.807) is 18.2 Å². The summed E-state index contributed by atoms with van der Waals surface area (Å²) in [6, 6.07) is 14.9. The van der Waals surface area contributed by atoms with E-state index in [4.69, 9.17) is 15.2 Å². The van der Waals surface area contributed by atoms with Gasteiger partial charge in [-0.25, -0.2) is 8.42 Å². The Labute approximate surface area is 154 Å². The van der Waals surface area contributed by atoms with Crippen molar-refractivity contribution in [3.05, 3.63) is 54.1 Å². The van der Waals surface area contributed by atoms with E-state index in [0.717, 1.165) is 5.56 Å². The van der Waals surface area contributed by atoms with Gasteiger partial charge in [0.1, 0.15) is 11.5 Å². The Morgan fingerprint density at radius 3 is 2.15 bits per heavy atom. The second-order valence-electron chi connectivity index (χ2n) is 6.33. The van der Waals surface area contributed by atoms with E-state index in [9.17, 15) is 8.42 Å². The van der Waals surface area contributed by atoms with Gasteiger partial charge < -0.3 is 15.2 Å². The summed E-state index contributed by atoms with van der Waals surface area (Å²) in [7, 11) is -0.877. The highest BCUT2D eigenvalue weighted by atomic mass is 32.2. The lowest BCUT2D eigenvalue weighted by Gasteiger charge is -2.20. The number of hydrogen-bond donors (Lipinski definition) is 1. The molecule has 2 N–H and O–H groups in total. The quantitative estimate of drug-likeness (QED) is 0.835. The van der Waals surface area contributed by atoms with Gasteiger partial charge >= 0.3 is 0 Å². The summed E-state index contributed by atoms with van der Waals surface area (Å²) in [4.78, 5) is 0.0643. The summed E-state index contributed by atoms with van der Waals surface area (Å²) >= 11 is 0. The highest BCUT2D eigenvalue weighted by molar-refractivity contribution is 7.89. The maximum absolute atomic E-state index is 13.4. The zero-order valence-electron chi connectivity index (χ0n) is 15.0. The van der Waals surface area contributed by atoms with E-state index in [2.05, 4.69) is 0 Å². The van der Waals surface area contributed by atoms with Crippen molar-refractivity contribution in [2.24, 2.45) is 11.7 Å². The van der Waals surface area contributed by atoms with Crippen molar-refractivity contribution in [1.82, 2.24) is 4.31 Å². The zero-order valence-corrected chi connectivity index (χ0v) is 15.8. The normalized spacial score (nSPS) is 20.9. The van der Waals surface area contributed by atoms with E-state index < -0.39 is 10.0 Å². The molecule has 2 aromatic rings. The number of sulfonamides is 1. The number of ether oxygens (including phenoxy) is 2. The number of nitrogens with two attached hydrogens (primary N) is 1. The fourth-order valence-electron chi connectivity index (χ4n) is 3.55. The molecule has 7 heteroatoms. The van der Waals surface area contributed by atoms with Gasteiger partial charge in [0, 0.05) is 19.0 Å². The topological polar surface area (TPSA) is 81.9 Å². The molecule has 1 fully saturated rings. The van der Waals surface area contributed by atoms with Crippen molar-refractivity contribution in [2.75, 3.05) is 33.9 Å². The predicted octanol–water partition coefficient (Wildman–Crippen LogP) is 2.07. The van der Waals surface area contributed by atoms with E-state index in [1.165, 1.54) is 18.5 Å². The van der Waals surface area contributed by atoms with Gasteiger partial charge in [-0.2, -0.15) is 4.31 Å². The minimum atomic E-state index is -3.78. The Bertz CT molecular complexity index is 833. The van der Waals surface area contributed by atoms with Crippen LogP contribution in [0, 0.1) is 5.92 Å². The number of benzene rings is 2. The second kappa shape index (κ2) is 7.65. The maximum Gasteiger partial charge on any atom is 0.250 e. The smallest absolute Gasteiger partial charge is 0.250 e. The van der Waals surface area contributed by atoms with Gasteiger partial charge in [0.25, 0.3) is 10.0 Å². The minimum Gasteiger partial charge on any atom is -0.495 e. The predicted molar refractivity (Wildman–Crippen MR) is 100 cm³/mol. The molecule has 2 aromatic carbocycles. The first-order valence-corrected chi connectivity index (χ1v) is 9.93. The summed E-state index contributed by atoms with van der Waals surface area (Å²) in [5.41, 5.74) is 7.05. The van der Waals surface area contributed by atoms with Gasteiger partial charge in [-0.05, 0) is 30.2 Å². The standard InChI is InChI=1S/C19H24N2O4S/c1-24-17-9-6-10-18(25-2)19(17)26(22,23)21-12-15(11-20)16(13-21)14-7-4-3-5-8-14/h3-10,15-16H,11-13,20H2,1-2H3/t15-,16+/m1/s1. The van der Waals surface area contributed by atoms with Gasteiger partial charge in [0.15, 0.2) is 4.90 Å². The molecule has 0 aliphatic carbocycles. The summed E-state index contributed by atoms with van der Waals surface area (Å²) in [6.45, 7) is 1.18. The molecule has 6 nitrogen and oxygen atoms in total. The highest BCUT2D eigenvalue weighted by Gasteiger charge is 2.41. The Hall–Kier alpha value is -2.09. The first-order valence-electron chi connectivity index (χ1n) is 8.49. The van der Waals surface area contributed by atoms with Crippen molar-refractivity contribution in [3.8, 4) is 11.5 Å². The SMILES string of the molecule is COc1cccc(OC)c1S(=O)(=O)N1C[C@@H](CN)[C@H](c2ccccc2)C1. The van der Waals surface area contributed by atoms with Crippen molar-refractivity contribution in [1.29, 1.82) is 0 Å². The van der Waals surface area contributed by atoms with Crippen molar-refractivity contribution in [2.45, 2.75) is 10.8 Å². The van der Waals surface area contributed by atoms with Crippen molar-refractivity contribution < 1.29 is 17.9 Å². The van der Waals surface area contributed by atoms with Crippen LogP contribution < -0.4 is 15.2 Å². The fraction of sp³-hybridized carbons (Fsp3) is 0.368. The van der Waals surface area contributed by atoms with Gasteiger partial charge in [-0.3, -0.25) is 0 Å². The molecular weight excluding hydrogens is 352 g/mol. The summed E-state index contributed by atoms with van der Waals surface area (Å²) in [5.74, 6) is 0.679. The maximum atomic E-state index is 13.4. The molecule has 0 amide bonds. The van der Waals surface area contributed by atoms with E-state index >= 15 is 0 Å². The van der Waals surface area contributed by atoms with Crippen LogP contribution in [0.4, 0.5) is 0 Å². The van der Waals surface area contributed by atoms with Crippen molar-refractivity contribution >= 4 is 10.0 Å². The van der Waals surface area contributed by atoms with Gasteiger partial charge in [0.05, 0.1) is 14.2 Å². The van der Waals surface area contributed by atoms with Crippen LogP contribution in [0.15, 0.2) is 53.4 Å². The fourth-order valence-corrected chi connectivity index (χ4v) is 5.36. The molecule has 0 spiro atoms. The summed E-state index contributed by atoms with van der Waals surface area (Å²) in [5, 5.41) is 0.